The number of unbranched alkanes of at least 4 members (excludes halogenated alkanes) is 6. The highest BCUT2D eigenvalue weighted by atomic mass is 31.2. The normalized spacial score (nSPS) is 15.6. The average Bonchev–Trinajstić information content (AvgIpc) is 3.02. The Hall–Kier alpha value is -2.06. The molecule has 3 unspecified atom stereocenters. The molecule has 0 aromatic rings. The molecular formula is C39H69N2O6P. The molecule has 0 fully saturated rings. The minimum absolute atomic E-state index is 0.00193. The second-order valence-corrected chi connectivity index (χ2v) is 14.6. The number of quaternary nitrogens is 1. The zero-order chi connectivity index (χ0) is 35.8. The van der Waals surface area contributed by atoms with E-state index in [-0.39, 0.29) is 19.1 Å². The number of amides is 1. The number of carbonyl (C=O) groups excluding carboxylic acids is 1. The van der Waals surface area contributed by atoms with E-state index in [9.17, 15) is 19.4 Å². The summed E-state index contributed by atoms with van der Waals surface area (Å²) < 4.78 is 22.9. The van der Waals surface area contributed by atoms with Crippen LogP contribution < -0.4 is 10.2 Å². The number of likely N-dealkylation sites (N-methyl/N-ethyl adjacent to an activating group) is 1. The van der Waals surface area contributed by atoms with Gasteiger partial charge in [-0.15, -0.1) is 0 Å². The summed E-state index contributed by atoms with van der Waals surface area (Å²) in [5, 5.41) is 13.6. The fourth-order valence-electron chi connectivity index (χ4n) is 4.51. The van der Waals surface area contributed by atoms with Crippen molar-refractivity contribution < 1.29 is 32.9 Å². The van der Waals surface area contributed by atoms with Gasteiger partial charge < -0.3 is 28.8 Å². The van der Waals surface area contributed by atoms with Crippen LogP contribution in [0.1, 0.15) is 117 Å². The Morgan fingerprint density at radius 2 is 1.27 bits per heavy atom. The summed E-state index contributed by atoms with van der Waals surface area (Å²) in [4.78, 5) is 25.0. The van der Waals surface area contributed by atoms with E-state index in [1.165, 1.54) is 0 Å². The number of phosphoric acid groups is 1. The molecule has 3 atom stereocenters. The highest BCUT2D eigenvalue weighted by Crippen LogP contribution is 2.38. The first-order chi connectivity index (χ1) is 23.0. The van der Waals surface area contributed by atoms with Gasteiger partial charge in [0.15, 0.2) is 0 Å². The molecule has 0 saturated heterocycles. The molecular weight excluding hydrogens is 623 g/mol. The summed E-state index contributed by atoms with van der Waals surface area (Å²) >= 11 is 0. The van der Waals surface area contributed by atoms with E-state index in [1.54, 1.807) is 0 Å². The van der Waals surface area contributed by atoms with Gasteiger partial charge in [-0.05, 0) is 64.2 Å². The van der Waals surface area contributed by atoms with Gasteiger partial charge in [0.25, 0.3) is 7.82 Å². The molecule has 0 aromatic carbocycles. The van der Waals surface area contributed by atoms with Gasteiger partial charge in [-0.3, -0.25) is 9.36 Å². The number of aliphatic hydroxyl groups is 1. The van der Waals surface area contributed by atoms with Crippen molar-refractivity contribution in [1.29, 1.82) is 0 Å². The Morgan fingerprint density at radius 1 is 0.750 bits per heavy atom. The average molecular weight is 693 g/mol. The third-order valence-electron chi connectivity index (χ3n) is 7.46. The summed E-state index contributed by atoms with van der Waals surface area (Å²) in [5.41, 5.74) is 0. The zero-order valence-electron chi connectivity index (χ0n) is 30.9. The van der Waals surface area contributed by atoms with Gasteiger partial charge in [0.1, 0.15) is 13.2 Å². The lowest BCUT2D eigenvalue weighted by atomic mass is 10.0. The summed E-state index contributed by atoms with van der Waals surface area (Å²) in [6.07, 6.45) is 39.5. The molecule has 0 radical (unpaired) electrons. The number of allylic oxidation sites excluding steroid dienone is 12. The number of phosphoric ester groups is 1. The molecule has 1 amide bonds. The fraction of sp³-hybridized carbons (Fsp3) is 0.667. The lowest BCUT2D eigenvalue weighted by Crippen LogP contribution is -2.46. The molecule has 0 rings (SSSR count). The lowest BCUT2D eigenvalue weighted by Gasteiger charge is -2.30. The van der Waals surface area contributed by atoms with Crippen molar-refractivity contribution in [3.8, 4) is 0 Å². The maximum Gasteiger partial charge on any atom is 0.268 e. The van der Waals surface area contributed by atoms with Crippen LogP contribution in [-0.4, -0.2) is 68.5 Å². The largest absolute Gasteiger partial charge is 0.756 e. The van der Waals surface area contributed by atoms with Crippen LogP contribution in [0.2, 0.25) is 0 Å². The third kappa shape index (κ3) is 32.5. The van der Waals surface area contributed by atoms with Crippen LogP contribution in [-0.2, 0) is 18.4 Å². The number of aliphatic hydroxyl groups excluding tert-OH is 1. The molecule has 0 aliphatic carbocycles. The molecule has 0 heterocycles. The van der Waals surface area contributed by atoms with Gasteiger partial charge in [-0.25, -0.2) is 0 Å². The van der Waals surface area contributed by atoms with Crippen LogP contribution >= 0.6 is 7.82 Å². The second kappa shape index (κ2) is 31.0. The number of nitrogens with zero attached hydrogens (tertiary/aromatic N) is 1. The number of nitrogens with one attached hydrogen (secondary N) is 1. The Morgan fingerprint density at radius 3 is 1.79 bits per heavy atom. The minimum Gasteiger partial charge on any atom is -0.756 e. The van der Waals surface area contributed by atoms with Crippen LogP contribution in [0.3, 0.4) is 0 Å². The van der Waals surface area contributed by atoms with Crippen LogP contribution in [0.4, 0.5) is 0 Å². The molecule has 0 aromatic heterocycles. The second-order valence-electron chi connectivity index (χ2n) is 13.2. The third-order valence-corrected chi connectivity index (χ3v) is 8.42. The highest BCUT2D eigenvalue weighted by Gasteiger charge is 2.24. The summed E-state index contributed by atoms with van der Waals surface area (Å²) in [6.45, 7) is 4.43. The van der Waals surface area contributed by atoms with Crippen molar-refractivity contribution in [3.05, 3.63) is 72.9 Å². The molecule has 0 aliphatic rings. The van der Waals surface area contributed by atoms with E-state index >= 15 is 0 Å². The standard InChI is InChI=1S/C39H69N2O6P/c1-6-8-10-12-13-14-15-16-17-18-19-20-21-22-23-24-25-26-27-29-31-33-39(43)40-37(38(42)32-30-28-11-9-7-2)36-47-48(44,45)46-35-34-41(3,4)5/h8,10,13-14,16-17,19-20,22-23,25-26,37-38,42H,6-7,9,11-12,15,18,21,24,27-36H2,1-5H3,(H-,40,43,44,45)/b10-8-,14-13-,17-16-,20-19-,23-22-,26-25-. The van der Waals surface area contributed by atoms with Crippen molar-refractivity contribution in [2.24, 2.45) is 0 Å². The highest BCUT2D eigenvalue weighted by molar-refractivity contribution is 7.45. The monoisotopic (exact) mass is 692 g/mol. The molecule has 8 nitrogen and oxygen atoms in total. The maximum absolute atomic E-state index is 12.7. The molecule has 0 spiro atoms. The van der Waals surface area contributed by atoms with E-state index in [1.807, 2.05) is 21.1 Å². The van der Waals surface area contributed by atoms with E-state index in [0.29, 0.717) is 30.3 Å². The molecule has 48 heavy (non-hydrogen) atoms. The van der Waals surface area contributed by atoms with E-state index in [4.69, 9.17) is 9.05 Å². The Bertz CT molecular complexity index is 1010. The number of carbonyl (C=O) groups is 1. The van der Waals surface area contributed by atoms with Gasteiger partial charge in [0, 0.05) is 6.42 Å². The first-order valence-electron chi connectivity index (χ1n) is 18.3. The molecule has 2 N–H and O–H groups in total. The van der Waals surface area contributed by atoms with Crippen molar-refractivity contribution >= 4 is 13.7 Å². The van der Waals surface area contributed by atoms with Gasteiger partial charge in [0.05, 0.1) is 39.9 Å². The Labute approximate surface area is 294 Å². The predicted octanol–water partition coefficient (Wildman–Crippen LogP) is 8.66. The van der Waals surface area contributed by atoms with Gasteiger partial charge in [-0.1, -0.05) is 119 Å². The predicted molar refractivity (Wildman–Crippen MR) is 200 cm³/mol. The SMILES string of the molecule is CC/C=C\C/C=C\C/C=C\C/C=C\C/C=C\C/C=C\CCCCC(=O)NC(COP(=O)([O-])OCC[N+](C)(C)C)C(O)CCCCCCC. The van der Waals surface area contributed by atoms with Crippen LogP contribution in [0, 0.1) is 0 Å². The lowest BCUT2D eigenvalue weighted by molar-refractivity contribution is -0.870. The Kier molecular flexibility index (Phi) is 29.6. The van der Waals surface area contributed by atoms with Gasteiger partial charge in [0.2, 0.25) is 5.91 Å². The first-order valence-corrected chi connectivity index (χ1v) is 19.7. The van der Waals surface area contributed by atoms with Crippen molar-refractivity contribution in [1.82, 2.24) is 5.32 Å². The topological polar surface area (TPSA) is 108 Å². The molecule has 0 saturated carbocycles. The smallest absolute Gasteiger partial charge is 0.268 e. The number of hydrogen-bond donors (Lipinski definition) is 2. The fourth-order valence-corrected chi connectivity index (χ4v) is 5.23. The zero-order valence-corrected chi connectivity index (χ0v) is 31.8. The number of hydrogen-bond acceptors (Lipinski definition) is 6. The van der Waals surface area contributed by atoms with Crippen molar-refractivity contribution in [3.63, 3.8) is 0 Å². The Balaban J connectivity index is 4.37. The minimum atomic E-state index is -4.56. The van der Waals surface area contributed by atoms with Crippen LogP contribution in [0.25, 0.3) is 0 Å². The van der Waals surface area contributed by atoms with Crippen LogP contribution in [0.5, 0.6) is 0 Å². The van der Waals surface area contributed by atoms with E-state index in [0.717, 1.165) is 83.5 Å². The molecule has 0 bridgehead atoms. The van der Waals surface area contributed by atoms with E-state index in [2.05, 4.69) is 92.1 Å². The molecule has 9 heteroatoms. The van der Waals surface area contributed by atoms with Crippen LogP contribution in [0.15, 0.2) is 72.9 Å². The number of rotatable bonds is 31. The van der Waals surface area contributed by atoms with E-state index < -0.39 is 20.0 Å². The van der Waals surface area contributed by atoms with Gasteiger partial charge >= 0.3 is 0 Å². The molecule has 0 aliphatic heterocycles. The summed E-state index contributed by atoms with van der Waals surface area (Å²) in [5.74, 6) is -0.219. The first kappa shape index (κ1) is 45.9. The summed E-state index contributed by atoms with van der Waals surface area (Å²) in [7, 11) is 1.25. The van der Waals surface area contributed by atoms with Crippen molar-refractivity contribution in [2.75, 3.05) is 40.9 Å². The quantitative estimate of drug-likeness (QED) is 0.0326. The van der Waals surface area contributed by atoms with Crippen molar-refractivity contribution in [2.45, 2.75) is 129 Å². The van der Waals surface area contributed by atoms with Gasteiger partial charge in [-0.2, -0.15) is 0 Å². The summed E-state index contributed by atoms with van der Waals surface area (Å²) in [6, 6.07) is -0.823. The maximum atomic E-state index is 12.7. The molecule has 276 valence electrons.